The summed E-state index contributed by atoms with van der Waals surface area (Å²) >= 11 is 3.05. The summed E-state index contributed by atoms with van der Waals surface area (Å²) in [4.78, 5) is 30.6. The van der Waals surface area contributed by atoms with Crippen LogP contribution in [-0.4, -0.2) is 35.1 Å². The van der Waals surface area contributed by atoms with E-state index >= 15 is 0 Å². The van der Waals surface area contributed by atoms with Gasteiger partial charge in [-0.1, -0.05) is 42.5 Å². The zero-order valence-electron chi connectivity index (χ0n) is 16.8. The summed E-state index contributed by atoms with van der Waals surface area (Å²) in [6.45, 7) is 0.525. The van der Waals surface area contributed by atoms with E-state index in [0.29, 0.717) is 17.8 Å². The standard InChI is InChI=1S/C24H23N3O2S2/c28-23(25-12-14-30-18-7-2-1-3-8-18)21(27-24(29)22-11-6-13-31-22)15-17-16-26-20-10-5-4-9-19(17)20/h1-11,13,16,21,26H,12,14-15H2,(H,25,28)(H,27,29)/t21-/m0/s1. The lowest BCUT2D eigenvalue weighted by Crippen LogP contribution is -2.48. The van der Waals surface area contributed by atoms with Gasteiger partial charge in [0.15, 0.2) is 0 Å². The molecule has 0 aliphatic heterocycles. The number of benzene rings is 2. The molecule has 2 aromatic heterocycles. The molecule has 7 heteroatoms. The van der Waals surface area contributed by atoms with E-state index in [4.69, 9.17) is 0 Å². The number of carbonyl (C=O) groups excluding carboxylic acids is 2. The molecule has 0 bridgehead atoms. The van der Waals surface area contributed by atoms with Crippen LogP contribution in [0.2, 0.25) is 0 Å². The highest BCUT2D eigenvalue weighted by molar-refractivity contribution is 7.99. The second-order valence-electron chi connectivity index (χ2n) is 7.02. The lowest BCUT2D eigenvalue weighted by Gasteiger charge is -2.18. The number of carbonyl (C=O) groups is 2. The van der Waals surface area contributed by atoms with Crippen LogP contribution in [0.1, 0.15) is 15.2 Å². The fraction of sp³-hybridized carbons (Fsp3) is 0.167. The zero-order chi connectivity index (χ0) is 21.5. The summed E-state index contributed by atoms with van der Waals surface area (Å²) in [5, 5.41) is 8.81. The first kappa shape index (κ1) is 21.2. The second kappa shape index (κ2) is 10.3. The van der Waals surface area contributed by atoms with Crippen molar-refractivity contribution in [2.75, 3.05) is 12.3 Å². The third kappa shape index (κ3) is 5.57. The van der Waals surface area contributed by atoms with Gasteiger partial charge in [0.25, 0.3) is 5.91 Å². The maximum absolute atomic E-state index is 13.0. The van der Waals surface area contributed by atoms with Crippen LogP contribution >= 0.6 is 23.1 Å². The fourth-order valence-electron chi connectivity index (χ4n) is 3.35. The normalized spacial score (nSPS) is 11.9. The van der Waals surface area contributed by atoms with Crippen LogP contribution in [0.3, 0.4) is 0 Å². The van der Waals surface area contributed by atoms with E-state index in [9.17, 15) is 9.59 Å². The Bertz CT molecular complexity index is 1140. The molecule has 5 nitrogen and oxygen atoms in total. The Morgan fingerprint density at radius 2 is 1.81 bits per heavy atom. The van der Waals surface area contributed by atoms with Crippen molar-refractivity contribution in [1.82, 2.24) is 15.6 Å². The van der Waals surface area contributed by atoms with Crippen molar-refractivity contribution < 1.29 is 9.59 Å². The predicted molar refractivity (Wildman–Crippen MR) is 128 cm³/mol. The number of para-hydroxylation sites is 1. The van der Waals surface area contributed by atoms with Crippen molar-refractivity contribution >= 4 is 45.8 Å². The van der Waals surface area contributed by atoms with Gasteiger partial charge in [0.05, 0.1) is 4.88 Å². The summed E-state index contributed by atoms with van der Waals surface area (Å²) < 4.78 is 0. The molecular weight excluding hydrogens is 426 g/mol. The first-order chi connectivity index (χ1) is 15.2. The number of hydrogen-bond acceptors (Lipinski definition) is 4. The van der Waals surface area contributed by atoms with E-state index in [1.165, 1.54) is 11.3 Å². The van der Waals surface area contributed by atoms with Gasteiger partial charge in [-0.2, -0.15) is 0 Å². The number of H-pyrrole nitrogens is 1. The molecule has 2 aromatic carbocycles. The summed E-state index contributed by atoms with van der Waals surface area (Å²) in [7, 11) is 0. The number of nitrogens with one attached hydrogen (secondary N) is 3. The maximum Gasteiger partial charge on any atom is 0.262 e. The van der Waals surface area contributed by atoms with Crippen molar-refractivity contribution in [2.24, 2.45) is 0 Å². The average Bonchev–Trinajstić information content (AvgIpc) is 3.47. The molecule has 0 fully saturated rings. The summed E-state index contributed by atoms with van der Waals surface area (Å²) in [5.41, 5.74) is 2.02. The minimum atomic E-state index is -0.657. The lowest BCUT2D eigenvalue weighted by molar-refractivity contribution is -0.122. The summed E-state index contributed by atoms with van der Waals surface area (Å²) in [6.07, 6.45) is 2.33. The van der Waals surface area contributed by atoms with Crippen LogP contribution in [-0.2, 0) is 11.2 Å². The molecule has 0 spiro atoms. The van der Waals surface area contributed by atoms with Crippen molar-refractivity contribution in [3.8, 4) is 0 Å². The zero-order valence-corrected chi connectivity index (χ0v) is 18.5. The Morgan fingerprint density at radius 3 is 2.61 bits per heavy atom. The largest absolute Gasteiger partial charge is 0.361 e. The van der Waals surface area contributed by atoms with E-state index in [2.05, 4.69) is 15.6 Å². The fourth-order valence-corrected chi connectivity index (χ4v) is 4.77. The Hall–Kier alpha value is -3.03. The average molecular weight is 450 g/mol. The topological polar surface area (TPSA) is 74.0 Å². The third-order valence-electron chi connectivity index (χ3n) is 4.88. The van der Waals surface area contributed by atoms with Gasteiger partial charge in [-0.3, -0.25) is 9.59 Å². The monoisotopic (exact) mass is 449 g/mol. The maximum atomic E-state index is 13.0. The highest BCUT2D eigenvalue weighted by atomic mass is 32.2. The van der Waals surface area contributed by atoms with Crippen LogP contribution in [0.5, 0.6) is 0 Å². The molecule has 0 saturated heterocycles. The molecule has 0 saturated carbocycles. The van der Waals surface area contributed by atoms with E-state index in [-0.39, 0.29) is 11.8 Å². The van der Waals surface area contributed by atoms with E-state index in [1.54, 1.807) is 17.8 Å². The van der Waals surface area contributed by atoms with Gasteiger partial charge in [0, 0.05) is 40.7 Å². The number of aromatic amines is 1. The van der Waals surface area contributed by atoms with Crippen LogP contribution in [0.4, 0.5) is 0 Å². The molecule has 4 rings (SSSR count). The smallest absolute Gasteiger partial charge is 0.262 e. The molecule has 4 aromatic rings. The number of thioether (sulfide) groups is 1. The number of amides is 2. The summed E-state index contributed by atoms with van der Waals surface area (Å²) in [5.74, 6) is 0.353. The van der Waals surface area contributed by atoms with Gasteiger partial charge in [0.2, 0.25) is 5.91 Å². The summed E-state index contributed by atoms with van der Waals surface area (Å²) in [6, 6.07) is 21.0. The second-order valence-corrected chi connectivity index (χ2v) is 9.14. The van der Waals surface area contributed by atoms with Crippen molar-refractivity contribution in [1.29, 1.82) is 0 Å². The number of thiophene rings is 1. The number of fused-ring (bicyclic) bond motifs is 1. The Kier molecular flexibility index (Phi) is 7.07. The van der Waals surface area contributed by atoms with Crippen LogP contribution in [0.15, 0.2) is 83.2 Å². The first-order valence-corrected chi connectivity index (χ1v) is 11.9. The molecule has 0 radical (unpaired) electrons. The Morgan fingerprint density at radius 1 is 1.00 bits per heavy atom. The van der Waals surface area contributed by atoms with Crippen molar-refractivity contribution in [3.63, 3.8) is 0 Å². The predicted octanol–water partition coefficient (Wildman–Crippen LogP) is 4.48. The Labute approximate surface area is 189 Å². The van der Waals surface area contributed by atoms with Gasteiger partial charge in [-0.15, -0.1) is 23.1 Å². The molecular formula is C24H23N3O2S2. The number of hydrogen-bond donors (Lipinski definition) is 3. The minimum absolute atomic E-state index is 0.177. The van der Waals surface area contributed by atoms with Gasteiger partial charge in [0.1, 0.15) is 6.04 Å². The first-order valence-electron chi connectivity index (χ1n) is 10.1. The van der Waals surface area contributed by atoms with Gasteiger partial charge in [-0.25, -0.2) is 0 Å². The molecule has 0 aliphatic carbocycles. The quantitative estimate of drug-likeness (QED) is 0.261. The Balaban J connectivity index is 1.42. The molecule has 31 heavy (non-hydrogen) atoms. The molecule has 2 heterocycles. The van der Waals surface area contributed by atoms with Crippen LogP contribution in [0, 0.1) is 0 Å². The van der Waals surface area contributed by atoms with Crippen LogP contribution in [0.25, 0.3) is 10.9 Å². The molecule has 0 unspecified atom stereocenters. The molecule has 1 atom stereocenters. The molecule has 3 N–H and O–H groups in total. The van der Waals surface area contributed by atoms with E-state index < -0.39 is 6.04 Å². The van der Waals surface area contributed by atoms with E-state index in [0.717, 1.165) is 27.1 Å². The molecule has 2 amide bonds. The highest BCUT2D eigenvalue weighted by Gasteiger charge is 2.23. The lowest BCUT2D eigenvalue weighted by atomic mass is 10.0. The van der Waals surface area contributed by atoms with Gasteiger partial charge >= 0.3 is 0 Å². The minimum Gasteiger partial charge on any atom is -0.361 e. The van der Waals surface area contributed by atoms with Gasteiger partial charge < -0.3 is 15.6 Å². The van der Waals surface area contributed by atoms with Crippen LogP contribution < -0.4 is 10.6 Å². The molecule has 158 valence electrons. The van der Waals surface area contributed by atoms with E-state index in [1.807, 2.05) is 72.2 Å². The third-order valence-corrected chi connectivity index (χ3v) is 6.76. The molecule has 0 aliphatic rings. The van der Waals surface area contributed by atoms with Gasteiger partial charge in [-0.05, 0) is 35.2 Å². The van der Waals surface area contributed by atoms with Crippen molar-refractivity contribution in [2.45, 2.75) is 17.4 Å². The van der Waals surface area contributed by atoms with Crippen molar-refractivity contribution in [3.05, 3.63) is 88.7 Å². The SMILES string of the molecule is O=C(N[C@@H](Cc1c[nH]c2ccccc12)C(=O)NCCSc1ccccc1)c1cccs1. The number of aromatic nitrogens is 1. The number of rotatable bonds is 9. The highest BCUT2D eigenvalue weighted by Crippen LogP contribution is 2.20.